The van der Waals surface area contributed by atoms with E-state index in [-0.39, 0.29) is 11.5 Å². The highest BCUT2D eigenvalue weighted by Crippen LogP contribution is 2.21. The molecule has 8 nitrogen and oxygen atoms in total. The molecule has 0 spiro atoms. The minimum absolute atomic E-state index is 0.244. The van der Waals surface area contributed by atoms with Crippen LogP contribution in [0, 0.1) is 0 Å². The molecule has 3 N–H and O–H groups in total. The second-order valence-corrected chi connectivity index (χ2v) is 7.23. The van der Waals surface area contributed by atoms with E-state index in [1.807, 2.05) is 36.7 Å². The Kier molecular flexibility index (Phi) is 5.97. The Morgan fingerprint density at radius 1 is 1.13 bits per heavy atom. The third-order valence-corrected chi connectivity index (χ3v) is 5.19. The van der Waals surface area contributed by atoms with Crippen molar-refractivity contribution in [1.82, 2.24) is 29.1 Å². The van der Waals surface area contributed by atoms with Gasteiger partial charge in [-0.2, -0.15) is 0 Å². The predicted molar refractivity (Wildman–Crippen MR) is 123 cm³/mol. The van der Waals surface area contributed by atoms with Crippen LogP contribution in [0.4, 0.5) is 5.82 Å². The van der Waals surface area contributed by atoms with Crippen LogP contribution in [0.2, 0.25) is 0 Å². The highest BCUT2D eigenvalue weighted by atomic mass is 16.1. The standard InChI is InChI=1S/C21H21N7O.C2H6/c22-17-16-19-26-18(25-17)20-23-9-11-27(20)10-4-2-1-3-6-14-7-5-8-15(12-14)13-28(19)21(29)24-16;1-2/h1,3,5,7-9,11-12H,2,4,6,10,13H2,(H,24,29)(H2,22,25,26);1-2H3/b3-1+;. The number of nitrogens with zero attached hydrogens (tertiary/aromatic N) is 5. The van der Waals surface area contributed by atoms with E-state index in [0.717, 1.165) is 31.4 Å². The van der Waals surface area contributed by atoms with Crippen LogP contribution in [0.1, 0.15) is 37.8 Å². The van der Waals surface area contributed by atoms with Crippen molar-refractivity contribution in [2.24, 2.45) is 0 Å². The molecule has 0 radical (unpaired) electrons. The van der Waals surface area contributed by atoms with E-state index >= 15 is 0 Å². The lowest BCUT2D eigenvalue weighted by atomic mass is 10.1. The van der Waals surface area contributed by atoms with Gasteiger partial charge >= 0.3 is 5.69 Å². The third kappa shape index (κ3) is 4.14. The minimum Gasteiger partial charge on any atom is -0.382 e. The maximum Gasteiger partial charge on any atom is 0.328 e. The minimum atomic E-state index is -0.257. The predicted octanol–water partition coefficient (Wildman–Crippen LogP) is 3.53. The van der Waals surface area contributed by atoms with Crippen molar-refractivity contribution in [2.45, 2.75) is 46.2 Å². The number of aromatic amines is 1. The van der Waals surface area contributed by atoms with Crippen molar-refractivity contribution in [1.29, 1.82) is 0 Å². The van der Waals surface area contributed by atoms with Gasteiger partial charge in [0, 0.05) is 18.9 Å². The number of hydrogen-bond acceptors (Lipinski definition) is 5. The molecular formula is C23H27N7O. The number of aromatic nitrogens is 6. The Balaban J connectivity index is 0.00000112. The van der Waals surface area contributed by atoms with Crippen molar-refractivity contribution in [2.75, 3.05) is 5.73 Å². The summed E-state index contributed by atoms with van der Waals surface area (Å²) in [6.07, 6.45) is 10.9. The van der Waals surface area contributed by atoms with Crippen molar-refractivity contribution in [3.8, 4) is 11.6 Å². The molecule has 4 aromatic rings. The van der Waals surface area contributed by atoms with Crippen molar-refractivity contribution in [3.05, 3.63) is 70.4 Å². The van der Waals surface area contributed by atoms with Crippen LogP contribution < -0.4 is 11.4 Å². The summed E-state index contributed by atoms with van der Waals surface area (Å²) in [5, 5.41) is 0. The molecule has 3 aromatic heterocycles. The summed E-state index contributed by atoms with van der Waals surface area (Å²) in [5.41, 5.74) is 9.10. The van der Waals surface area contributed by atoms with Gasteiger partial charge in [0.05, 0.1) is 6.54 Å². The highest BCUT2D eigenvalue weighted by Gasteiger charge is 2.17. The number of nitrogens with two attached hydrogens (primary N) is 1. The van der Waals surface area contributed by atoms with Gasteiger partial charge in [0.15, 0.2) is 23.1 Å². The Morgan fingerprint density at radius 2 is 1.97 bits per heavy atom. The molecular weight excluding hydrogens is 390 g/mol. The molecule has 0 fully saturated rings. The van der Waals surface area contributed by atoms with E-state index in [9.17, 15) is 4.79 Å². The van der Waals surface area contributed by atoms with Gasteiger partial charge in [-0.1, -0.05) is 50.3 Å². The monoisotopic (exact) mass is 417 g/mol. The van der Waals surface area contributed by atoms with Gasteiger partial charge in [-0.15, -0.1) is 0 Å². The molecule has 4 bridgehead atoms. The lowest BCUT2D eigenvalue weighted by Crippen LogP contribution is -2.18. The van der Waals surface area contributed by atoms with Crippen LogP contribution in [0.15, 0.2) is 53.6 Å². The number of anilines is 1. The molecule has 1 aromatic carbocycles. The molecule has 1 aliphatic heterocycles. The van der Waals surface area contributed by atoms with Crippen LogP contribution in [0.3, 0.4) is 0 Å². The van der Waals surface area contributed by atoms with Crippen LogP contribution in [0.25, 0.3) is 22.8 Å². The van der Waals surface area contributed by atoms with Gasteiger partial charge in [-0.25, -0.2) is 19.7 Å². The molecule has 8 heteroatoms. The van der Waals surface area contributed by atoms with E-state index in [0.29, 0.717) is 29.4 Å². The second kappa shape index (κ2) is 8.99. The van der Waals surface area contributed by atoms with Gasteiger partial charge in [-0.3, -0.25) is 4.57 Å². The molecule has 0 atom stereocenters. The first-order valence-corrected chi connectivity index (χ1v) is 10.7. The molecule has 0 aliphatic carbocycles. The van der Waals surface area contributed by atoms with Gasteiger partial charge in [-0.05, 0) is 30.4 Å². The van der Waals surface area contributed by atoms with Gasteiger partial charge < -0.3 is 15.3 Å². The molecule has 0 saturated heterocycles. The van der Waals surface area contributed by atoms with Crippen LogP contribution >= 0.6 is 0 Å². The first-order valence-electron chi connectivity index (χ1n) is 10.7. The summed E-state index contributed by atoms with van der Waals surface area (Å²) in [4.78, 5) is 28.9. The maximum atomic E-state index is 12.6. The van der Waals surface area contributed by atoms with E-state index < -0.39 is 0 Å². The molecule has 1 aliphatic rings. The fraction of sp³-hybridized carbons (Fsp3) is 0.304. The number of nitrogens with one attached hydrogen (secondary N) is 1. The van der Waals surface area contributed by atoms with E-state index in [1.54, 1.807) is 10.8 Å². The van der Waals surface area contributed by atoms with Crippen LogP contribution in [0.5, 0.6) is 0 Å². The molecule has 31 heavy (non-hydrogen) atoms. The normalized spacial score (nSPS) is 14.6. The number of benzene rings is 1. The zero-order valence-electron chi connectivity index (χ0n) is 17.9. The summed E-state index contributed by atoms with van der Waals surface area (Å²) in [5.74, 6) is 1.31. The van der Waals surface area contributed by atoms with Gasteiger partial charge in [0.2, 0.25) is 0 Å². The van der Waals surface area contributed by atoms with Crippen molar-refractivity contribution in [3.63, 3.8) is 0 Å². The Bertz CT molecular complexity index is 1280. The lowest BCUT2D eigenvalue weighted by molar-refractivity contribution is 0.652. The number of hydrogen-bond donors (Lipinski definition) is 2. The summed E-state index contributed by atoms with van der Waals surface area (Å²) >= 11 is 0. The van der Waals surface area contributed by atoms with Gasteiger partial charge in [0.25, 0.3) is 0 Å². The summed E-state index contributed by atoms with van der Waals surface area (Å²) < 4.78 is 3.63. The topological polar surface area (TPSA) is 107 Å². The Hall–Kier alpha value is -3.68. The quantitative estimate of drug-likeness (QED) is 0.426. The largest absolute Gasteiger partial charge is 0.382 e. The Labute approximate surface area is 180 Å². The van der Waals surface area contributed by atoms with Crippen LogP contribution in [-0.2, 0) is 19.5 Å². The summed E-state index contributed by atoms with van der Waals surface area (Å²) in [6, 6.07) is 8.26. The number of imidazole rings is 2. The zero-order chi connectivity index (χ0) is 21.8. The van der Waals surface area contributed by atoms with Crippen molar-refractivity contribution < 1.29 is 0 Å². The van der Waals surface area contributed by atoms with E-state index in [2.05, 4.69) is 44.2 Å². The molecule has 5 rings (SSSR count). The molecule has 160 valence electrons. The summed E-state index contributed by atoms with van der Waals surface area (Å²) in [7, 11) is 0. The molecule has 4 heterocycles. The second-order valence-electron chi connectivity index (χ2n) is 7.23. The first-order chi connectivity index (χ1) is 15.2. The number of allylic oxidation sites excluding steroid dienone is 2. The first kappa shape index (κ1) is 20.6. The number of H-pyrrole nitrogens is 1. The average molecular weight is 418 g/mol. The maximum absolute atomic E-state index is 12.6. The third-order valence-electron chi connectivity index (χ3n) is 5.19. The number of aryl methyl sites for hydroxylation is 1. The smallest absolute Gasteiger partial charge is 0.328 e. The Morgan fingerprint density at radius 3 is 2.84 bits per heavy atom. The molecule has 0 amide bonds. The lowest BCUT2D eigenvalue weighted by Gasteiger charge is -2.09. The SMILES string of the molecule is CC.Nc1nc2nc3c1[nH]c(=O)n3Cc1cccc(c1)C/C=C/CCCn1ccnc1-2. The van der Waals surface area contributed by atoms with E-state index in [1.165, 1.54) is 5.56 Å². The number of rotatable bonds is 0. The molecule has 0 unspecified atom stereocenters. The van der Waals surface area contributed by atoms with Crippen molar-refractivity contribution >= 4 is 17.0 Å². The fourth-order valence-electron chi connectivity index (χ4n) is 3.75. The highest BCUT2D eigenvalue weighted by molar-refractivity contribution is 5.83. The number of nitrogen functional groups attached to an aromatic ring is 1. The number of fused-ring (bicyclic) bond motifs is 5. The summed E-state index contributed by atoms with van der Waals surface area (Å²) in [6.45, 7) is 5.21. The fourth-order valence-corrected chi connectivity index (χ4v) is 3.75. The molecule has 0 saturated carbocycles. The average Bonchev–Trinajstić information content (AvgIpc) is 3.37. The zero-order valence-corrected chi connectivity index (χ0v) is 17.9. The van der Waals surface area contributed by atoms with Gasteiger partial charge in [0.1, 0.15) is 5.52 Å². The van der Waals surface area contributed by atoms with Crippen LogP contribution in [-0.4, -0.2) is 29.1 Å². The van der Waals surface area contributed by atoms with E-state index in [4.69, 9.17) is 5.73 Å².